The average molecular weight is 384 g/mol. The van der Waals surface area contributed by atoms with Crippen molar-refractivity contribution in [1.29, 1.82) is 0 Å². The number of rotatable bonds is 10. The standard InChI is InChI=1S/C19H28O8/c1-4-19(2,3)18(25)27-9-12(20)8-26-15(17(23)24)13-10-5-6-11(7-10)14(13)16(21)22/h5-6,10-15,20H,4,7-9H2,1-3H3,(H,21,22)(H,23,24). The summed E-state index contributed by atoms with van der Waals surface area (Å²) in [7, 11) is 0. The molecule has 0 radical (unpaired) electrons. The van der Waals surface area contributed by atoms with Gasteiger partial charge in [-0.1, -0.05) is 19.1 Å². The fraction of sp³-hybridized carbons (Fsp3) is 0.737. The van der Waals surface area contributed by atoms with E-state index in [0.717, 1.165) is 0 Å². The summed E-state index contributed by atoms with van der Waals surface area (Å²) in [5.74, 6) is -4.62. The van der Waals surface area contributed by atoms with Gasteiger partial charge in [0.1, 0.15) is 12.7 Å². The molecule has 8 nitrogen and oxygen atoms in total. The summed E-state index contributed by atoms with van der Waals surface area (Å²) in [4.78, 5) is 35.2. The van der Waals surface area contributed by atoms with Gasteiger partial charge >= 0.3 is 17.9 Å². The average Bonchev–Trinajstić information content (AvgIpc) is 3.20. The molecule has 6 unspecified atom stereocenters. The number of aliphatic carboxylic acids is 2. The van der Waals surface area contributed by atoms with Gasteiger partial charge in [-0.15, -0.1) is 0 Å². The number of esters is 1. The third kappa shape index (κ3) is 4.68. The van der Waals surface area contributed by atoms with E-state index in [1.807, 2.05) is 19.1 Å². The maximum Gasteiger partial charge on any atom is 0.333 e. The highest BCUT2D eigenvalue weighted by molar-refractivity contribution is 5.77. The van der Waals surface area contributed by atoms with Gasteiger partial charge in [-0.05, 0) is 38.5 Å². The summed E-state index contributed by atoms with van der Waals surface area (Å²) in [5, 5.41) is 29.0. The molecule has 2 rings (SSSR count). The van der Waals surface area contributed by atoms with Crippen molar-refractivity contribution in [3.8, 4) is 0 Å². The van der Waals surface area contributed by atoms with Crippen molar-refractivity contribution in [1.82, 2.24) is 0 Å². The van der Waals surface area contributed by atoms with Crippen molar-refractivity contribution in [2.24, 2.45) is 29.1 Å². The van der Waals surface area contributed by atoms with Gasteiger partial charge in [0.25, 0.3) is 0 Å². The molecule has 27 heavy (non-hydrogen) atoms. The molecular formula is C19H28O8. The van der Waals surface area contributed by atoms with Gasteiger partial charge in [0, 0.05) is 5.92 Å². The van der Waals surface area contributed by atoms with Gasteiger partial charge in [0.05, 0.1) is 17.9 Å². The fourth-order valence-corrected chi connectivity index (χ4v) is 3.74. The summed E-state index contributed by atoms with van der Waals surface area (Å²) in [6, 6.07) is 0. The normalized spacial score (nSPS) is 28.7. The molecule has 2 aliphatic rings. The lowest BCUT2D eigenvalue weighted by molar-refractivity contribution is -0.168. The van der Waals surface area contributed by atoms with Crippen molar-refractivity contribution in [2.75, 3.05) is 13.2 Å². The molecule has 0 spiro atoms. The van der Waals surface area contributed by atoms with Crippen LogP contribution in [0.5, 0.6) is 0 Å². The molecule has 1 fully saturated rings. The third-order valence-electron chi connectivity index (χ3n) is 5.71. The highest BCUT2D eigenvalue weighted by Crippen LogP contribution is 2.50. The Balaban J connectivity index is 1.93. The molecule has 8 heteroatoms. The van der Waals surface area contributed by atoms with Crippen LogP contribution in [0, 0.1) is 29.1 Å². The zero-order valence-electron chi connectivity index (χ0n) is 15.8. The highest BCUT2D eigenvalue weighted by atomic mass is 16.6. The number of allylic oxidation sites excluding steroid dienone is 2. The second-order valence-electron chi connectivity index (χ2n) is 7.97. The van der Waals surface area contributed by atoms with E-state index in [1.165, 1.54) is 0 Å². The Kier molecular flexibility index (Phi) is 6.64. The Hall–Kier alpha value is -1.93. The van der Waals surface area contributed by atoms with Gasteiger partial charge in [0.2, 0.25) is 0 Å². The van der Waals surface area contributed by atoms with E-state index in [2.05, 4.69) is 0 Å². The van der Waals surface area contributed by atoms with Crippen molar-refractivity contribution < 1.29 is 39.2 Å². The highest BCUT2D eigenvalue weighted by Gasteiger charge is 2.53. The molecular weight excluding hydrogens is 356 g/mol. The van der Waals surface area contributed by atoms with Crippen LogP contribution in [0.4, 0.5) is 0 Å². The van der Waals surface area contributed by atoms with Crippen molar-refractivity contribution >= 4 is 17.9 Å². The van der Waals surface area contributed by atoms with E-state index in [9.17, 15) is 29.7 Å². The van der Waals surface area contributed by atoms with Gasteiger partial charge in [-0.2, -0.15) is 0 Å². The Morgan fingerprint density at radius 1 is 1.15 bits per heavy atom. The van der Waals surface area contributed by atoms with Crippen molar-refractivity contribution in [2.45, 2.75) is 45.8 Å². The predicted octanol–water partition coefficient (Wildman–Crippen LogP) is 1.32. The summed E-state index contributed by atoms with van der Waals surface area (Å²) < 4.78 is 10.5. The van der Waals surface area contributed by atoms with Gasteiger partial charge in [0.15, 0.2) is 6.10 Å². The van der Waals surface area contributed by atoms with Crippen LogP contribution in [0.2, 0.25) is 0 Å². The molecule has 152 valence electrons. The second-order valence-corrected chi connectivity index (χ2v) is 7.97. The Morgan fingerprint density at radius 2 is 1.78 bits per heavy atom. The number of aliphatic hydroxyl groups excluding tert-OH is 1. The lowest BCUT2D eigenvalue weighted by Crippen LogP contribution is -2.43. The van der Waals surface area contributed by atoms with Crippen molar-refractivity contribution in [3.05, 3.63) is 12.2 Å². The maximum atomic E-state index is 11.9. The molecule has 2 aliphatic carbocycles. The SMILES string of the molecule is CCC(C)(C)C(=O)OCC(O)COC(C(=O)O)C1C2C=CC(C2)C1C(=O)O. The molecule has 0 aromatic rings. The molecule has 6 atom stereocenters. The van der Waals surface area contributed by atoms with Gasteiger partial charge < -0.3 is 24.8 Å². The zero-order chi connectivity index (χ0) is 20.4. The summed E-state index contributed by atoms with van der Waals surface area (Å²) in [6.45, 7) is 4.63. The number of carbonyl (C=O) groups is 3. The number of carbonyl (C=O) groups excluding carboxylic acids is 1. The number of carboxylic acids is 2. The van der Waals surface area contributed by atoms with E-state index in [1.54, 1.807) is 13.8 Å². The van der Waals surface area contributed by atoms with Crippen LogP contribution in [-0.2, 0) is 23.9 Å². The smallest absolute Gasteiger partial charge is 0.333 e. The van der Waals surface area contributed by atoms with Crippen LogP contribution in [0.1, 0.15) is 33.6 Å². The summed E-state index contributed by atoms with van der Waals surface area (Å²) in [6.07, 6.45) is 2.31. The van der Waals surface area contributed by atoms with Crippen LogP contribution in [-0.4, -0.2) is 58.6 Å². The molecule has 1 saturated carbocycles. The summed E-state index contributed by atoms with van der Waals surface area (Å²) >= 11 is 0. The number of hydrogen-bond acceptors (Lipinski definition) is 6. The molecule has 0 heterocycles. The van der Waals surface area contributed by atoms with Crippen molar-refractivity contribution in [3.63, 3.8) is 0 Å². The maximum absolute atomic E-state index is 11.9. The lowest BCUT2D eigenvalue weighted by Gasteiger charge is -2.30. The lowest BCUT2D eigenvalue weighted by atomic mass is 9.79. The van der Waals surface area contributed by atoms with Gasteiger partial charge in [-0.3, -0.25) is 9.59 Å². The fourth-order valence-electron chi connectivity index (χ4n) is 3.74. The van der Waals surface area contributed by atoms with E-state index in [0.29, 0.717) is 12.8 Å². The Bertz CT molecular complexity index is 611. The molecule has 0 aliphatic heterocycles. The molecule has 0 saturated heterocycles. The van der Waals surface area contributed by atoms with Crippen LogP contribution in [0.25, 0.3) is 0 Å². The number of ether oxygens (including phenoxy) is 2. The van der Waals surface area contributed by atoms with Crippen LogP contribution < -0.4 is 0 Å². The van der Waals surface area contributed by atoms with Crippen LogP contribution >= 0.6 is 0 Å². The first-order valence-electron chi connectivity index (χ1n) is 9.19. The first-order chi connectivity index (χ1) is 12.6. The monoisotopic (exact) mass is 384 g/mol. The Labute approximate surface area is 158 Å². The minimum absolute atomic E-state index is 0.169. The molecule has 0 aromatic carbocycles. The molecule has 0 aromatic heterocycles. The first-order valence-corrected chi connectivity index (χ1v) is 9.19. The second kappa shape index (κ2) is 8.39. The zero-order valence-corrected chi connectivity index (χ0v) is 15.8. The minimum atomic E-state index is -1.34. The quantitative estimate of drug-likeness (QED) is 0.380. The first kappa shape index (κ1) is 21.4. The van der Waals surface area contributed by atoms with E-state index < -0.39 is 47.4 Å². The minimum Gasteiger partial charge on any atom is -0.481 e. The number of fused-ring (bicyclic) bond motifs is 2. The third-order valence-corrected chi connectivity index (χ3v) is 5.71. The number of hydrogen-bond donors (Lipinski definition) is 3. The van der Waals surface area contributed by atoms with E-state index in [-0.39, 0.29) is 25.0 Å². The van der Waals surface area contributed by atoms with Crippen LogP contribution in [0.3, 0.4) is 0 Å². The van der Waals surface area contributed by atoms with E-state index in [4.69, 9.17) is 9.47 Å². The number of carboxylic acid groups (broad SMARTS) is 2. The predicted molar refractivity (Wildman–Crippen MR) is 93.8 cm³/mol. The van der Waals surface area contributed by atoms with E-state index >= 15 is 0 Å². The molecule has 0 amide bonds. The number of aliphatic hydroxyl groups is 1. The Morgan fingerprint density at radius 3 is 2.33 bits per heavy atom. The largest absolute Gasteiger partial charge is 0.481 e. The van der Waals surface area contributed by atoms with Crippen LogP contribution in [0.15, 0.2) is 12.2 Å². The molecule has 2 bridgehead atoms. The topological polar surface area (TPSA) is 130 Å². The summed E-state index contributed by atoms with van der Waals surface area (Å²) in [5.41, 5.74) is -0.672. The van der Waals surface area contributed by atoms with Gasteiger partial charge in [-0.25, -0.2) is 4.79 Å². The molecule has 3 N–H and O–H groups in total.